The molecule has 1 fully saturated rings. The van der Waals surface area contributed by atoms with Gasteiger partial charge in [-0.15, -0.1) is 10.2 Å². The van der Waals surface area contributed by atoms with Crippen molar-refractivity contribution in [1.82, 2.24) is 25.3 Å². The largest absolute Gasteiger partial charge is 0.419 e. The summed E-state index contributed by atoms with van der Waals surface area (Å²) in [6.07, 6.45) is 0. The molecule has 1 N–H and O–H groups in total. The normalized spacial score (nSPS) is 15.3. The number of fused-ring (bicyclic) bond motifs is 1. The fourth-order valence-corrected chi connectivity index (χ4v) is 3.36. The van der Waals surface area contributed by atoms with E-state index in [2.05, 4.69) is 25.3 Å². The Bertz CT molecular complexity index is 1100. The van der Waals surface area contributed by atoms with Crippen LogP contribution < -0.4 is 0 Å². The fourth-order valence-electron chi connectivity index (χ4n) is 3.36. The molecule has 0 radical (unpaired) electrons. The number of morpholine rings is 1. The van der Waals surface area contributed by atoms with Crippen LogP contribution in [-0.4, -0.2) is 51.6 Å². The van der Waals surface area contributed by atoms with Gasteiger partial charge in [-0.2, -0.15) is 5.10 Å². The molecule has 0 spiro atoms. The fraction of sp³-hybridized carbons (Fsp3) is 0.250. The molecule has 1 aliphatic heterocycles. The summed E-state index contributed by atoms with van der Waals surface area (Å²) < 4.78 is 24.5. The monoisotopic (exact) mass is 379 g/mol. The van der Waals surface area contributed by atoms with Crippen LogP contribution in [0.4, 0.5) is 4.39 Å². The zero-order chi connectivity index (χ0) is 18.9. The van der Waals surface area contributed by atoms with Gasteiger partial charge < -0.3 is 9.15 Å². The molecule has 2 aromatic heterocycles. The minimum absolute atomic E-state index is 0.275. The molecule has 142 valence electrons. The number of aromatic amines is 1. The van der Waals surface area contributed by atoms with E-state index in [-0.39, 0.29) is 5.82 Å². The van der Waals surface area contributed by atoms with Crippen molar-refractivity contribution in [3.8, 4) is 22.7 Å². The van der Waals surface area contributed by atoms with Crippen LogP contribution in [0.5, 0.6) is 0 Å². The summed E-state index contributed by atoms with van der Waals surface area (Å²) in [5.41, 5.74) is 3.29. The first-order valence-corrected chi connectivity index (χ1v) is 9.13. The van der Waals surface area contributed by atoms with Gasteiger partial charge in [0.25, 0.3) is 0 Å². The number of nitrogens with one attached hydrogen (secondary N) is 1. The molecule has 0 amide bonds. The van der Waals surface area contributed by atoms with Crippen molar-refractivity contribution in [2.75, 3.05) is 26.3 Å². The third kappa shape index (κ3) is 3.28. The summed E-state index contributed by atoms with van der Waals surface area (Å²) >= 11 is 0. The van der Waals surface area contributed by atoms with Crippen LogP contribution >= 0.6 is 0 Å². The molecular formula is C20H18FN5O2. The standard InChI is InChI=1S/C20H18FN5O2/c21-15-4-1-13(2-5-15)19-16-11-14(3-6-17(16)22-24-19)20-25-23-18(28-20)12-26-7-9-27-10-8-26/h1-6,11H,7-10,12H2,(H,22,24). The van der Waals surface area contributed by atoms with E-state index < -0.39 is 0 Å². The highest BCUT2D eigenvalue weighted by molar-refractivity contribution is 5.95. The second-order valence-electron chi connectivity index (χ2n) is 6.73. The van der Waals surface area contributed by atoms with Gasteiger partial charge in [0.2, 0.25) is 11.8 Å². The number of hydrogen-bond acceptors (Lipinski definition) is 6. The lowest BCUT2D eigenvalue weighted by Crippen LogP contribution is -2.35. The minimum Gasteiger partial charge on any atom is -0.419 e. The molecule has 5 rings (SSSR count). The van der Waals surface area contributed by atoms with Crippen LogP contribution in [0.2, 0.25) is 0 Å². The molecule has 0 bridgehead atoms. The maximum atomic E-state index is 13.2. The van der Waals surface area contributed by atoms with E-state index in [0.29, 0.717) is 18.3 Å². The lowest BCUT2D eigenvalue weighted by Gasteiger charge is -2.24. The first-order chi connectivity index (χ1) is 13.8. The molecule has 3 heterocycles. The topological polar surface area (TPSA) is 80.1 Å². The SMILES string of the molecule is Fc1ccc(-c2n[nH]c3ccc(-c4nnc(CN5CCOCC5)o4)cc23)cc1. The lowest BCUT2D eigenvalue weighted by molar-refractivity contribution is 0.0306. The highest BCUT2D eigenvalue weighted by Crippen LogP contribution is 2.30. The average Bonchev–Trinajstić information content (AvgIpc) is 3.36. The van der Waals surface area contributed by atoms with Crippen LogP contribution in [0.15, 0.2) is 46.9 Å². The van der Waals surface area contributed by atoms with Gasteiger partial charge in [-0.3, -0.25) is 10.00 Å². The number of halogens is 1. The first-order valence-electron chi connectivity index (χ1n) is 9.13. The van der Waals surface area contributed by atoms with Crippen LogP contribution in [0, 0.1) is 5.82 Å². The quantitative estimate of drug-likeness (QED) is 0.586. The number of H-pyrrole nitrogens is 1. The zero-order valence-corrected chi connectivity index (χ0v) is 15.1. The third-order valence-electron chi connectivity index (χ3n) is 4.86. The Morgan fingerprint density at radius 3 is 2.61 bits per heavy atom. The summed E-state index contributed by atoms with van der Waals surface area (Å²) in [4.78, 5) is 2.23. The van der Waals surface area contributed by atoms with Crippen molar-refractivity contribution in [2.24, 2.45) is 0 Å². The molecule has 4 aromatic rings. The summed E-state index contributed by atoms with van der Waals surface area (Å²) in [6, 6.07) is 12.1. The van der Waals surface area contributed by atoms with Crippen molar-refractivity contribution in [3.05, 3.63) is 54.2 Å². The molecule has 2 aromatic carbocycles. The highest BCUT2D eigenvalue weighted by Gasteiger charge is 2.16. The summed E-state index contributed by atoms with van der Waals surface area (Å²) in [7, 11) is 0. The molecule has 7 nitrogen and oxygen atoms in total. The van der Waals surface area contributed by atoms with Gasteiger partial charge in [-0.05, 0) is 42.5 Å². The predicted molar refractivity (Wildman–Crippen MR) is 101 cm³/mol. The molecule has 28 heavy (non-hydrogen) atoms. The number of aromatic nitrogens is 4. The van der Waals surface area contributed by atoms with Crippen molar-refractivity contribution < 1.29 is 13.5 Å². The minimum atomic E-state index is -0.275. The van der Waals surface area contributed by atoms with Crippen molar-refractivity contribution in [3.63, 3.8) is 0 Å². The van der Waals surface area contributed by atoms with Crippen LogP contribution in [0.3, 0.4) is 0 Å². The summed E-state index contributed by atoms with van der Waals surface area (Å²) in [6.45, 7) is 3.79. The van der Waals surface area contributed by atoms with Gasteiger partial charge in [0, 0.05) is 29.6 Å². The molecule has 0 saturated carbocycles. The van der Waals surface area contributed by atoms with Crippen LogP contribution in [-0.2, 0) is 11.3 Å². The Balaban J connectivity index is 1.45. The number of ether oxygens (including phenoxy) is 1. The van der Waals surface area contributed by atoms with Crippen molar-refractivity contribution in [2.45, 2.75) is 6.54 Å². The summed E-state index contributed by atoms with van der Waals surface area (Å²) in [5.74, 6) is 0.780. The highest BCUT2D eigenvalue weighted by atomic mass is 19.1. The molecule has 1 saturated heterocycles. The smallest absolute Gasteiger partial charge is 0.247 e. The van der Waals surface area contributed by atoms with Crippen LogP contribution in [0.25, 0.3) is 33.6 Å². The number of nitrogens with zero attached hydrogens (tertiary/aromatic N) is 4. The van der Waals surface area contributed by atoms with E-state index in [0.717, 1.165) is 54.0 Å². The maximum Gasteiger partial charge on any atom is 0.247 e. The van der Waals surface area contributed by atoms with E-state index >= 15 is 0 Å². The molecule has 0 unspecified atom stereocenters. The Hall–Kier alpha value is -3.10. The first kappa shape index (κ1) is 17.0. The predicted octanol–water partition coefficient (Wildman–Crippen LogP) is 3.25. The second kappa shape index (κ2) is 7.14. The third-order valence-corrected chi connectivity index (χ3v) is 4.86. The Labute approximate surface area is 160 Å². The van der Waals surface area contributed by atoms with Gasteiger partial charge in [0.05, 0.1) is 31.0 Å². The molecule has 8 heteroatoms. The van der Waals surface area contributed by atoms with E-state index in [1.807, 2.05) is 18.2 Å². The van der Waals surface area contributed by atoms with Gasteiger partial charge in [-0.25, -0.2) is 4.39 Å². The van der Waals surface area contributed by atoms with Crippen molar-refractivity contribution >= 4 is 10.9 Å². The number of rotatable bonds is 4. The van der Waals surface area contributed by atoms with E-state index in [9.17, 15) is 4.39 Å². The Kier molecular flexibility index (Phi) is 4.34. The van der Waals surface area contributed by atoms with Gasteiger partial charge in [-0.1, -0.05) is 0 Å². The Morgan fingerprint density at radius 1 is 1.00 bits per heavy atom. The van der Waals surface area contributed by atoms with Gasteiger partial charge in [0.15, 0.2) is 0 Å². The summed E-state index contributed by atoms with van der Waals surface area (Å²) in [5, 5.41) is 16.7. The van der Waals surface area contributed by atoms with E-state index in [1.54, 1.807) is 12.1 Å². The molecule has 0 atom stereocenters. The Morgan fingerprint density at radius 2 is 1.79 bits per heavy atom. The molecular weight excluding hydrogens is 361 g/mol. The van der Waals surface area contributed by atoms with Crippen LogP contribution in [0.1, 0.15) is 5.89 Å². The van der Waals surface area contributed by atoms with Gasteiger partial charge >= 0.3 is 0 Å². The zero-order valence-electron chi connectivity index (χ0n) is 15.1. The number of hydrogen-bond donors (Lipinski definition) is 1. The lowest BCUT2D eigenvalue weighted by atomic mass is 10.1. The molecule has 1 aliphatic rings. The molecule has 0 aliphatic carbocycles. The van der Waals surface area contributed by atoms with Crippen molar-refractivity contribution in [1.29, 1.82) is 0 Å². The van der Waals surface area contributed by atoms with E-state index in [4.69, 9.17) is 9.15 Å². The number of benzene rings is 2. The maximum absolute atomic E-state index is 13.2. The van der Waals surface area contributed by atoms with E-state index in [1.165, 1.54) is 12.1 Å². The average molecular weight is 379 g/mol. The van der Waals surface area contributed by atoms with Gasteiger partial charge in [0.1, 0.15) is 5.82 Å². The second-order valence-corrected chi connectivity index (χ2v) is 6.73.